The number of thiophene rings is 1. The van der Waals surface area contributed by atoms with Gasteiger partial charge in [-0.15, -0.1) is 24.5 Å². The van der Waals surface area contributed by atoms with E-state index in [1.54, 1.807) is 6.08 Å². The molecule has 0 saturated heterocycles. The van der Waals surface area contributed by atoms with Crippen LogP contribution >= 0.6 is 11.3 Å². The van der Waals surface area contributed by atoms with Gasteiger partial charge in [0.15, 0.2) is 0 Å². The lowest BCUT2D eigenvalue weighted by Crippen LogP contribution is -2.17. The van der Waals surface area contributed by atoms with Crippen LogP contribution in [0.25, 0.3) is 6.08 Å². The predicted octanol–water partition coefficient (Wildman–Crippen LogP) is 4.30. The minimum atomic E-state index is -4.73. The van der Waals surface area contributed by atoms with Crippen molar-refractivity contribution in [3.8, 4) is 5.75 Å². The number of rotatable bonds is 4. The Bertz CT molecular complexity index is 619. The predicted molar refractivity (Wildman–Crippen MR) is 75.1 cm³/mol. The van der Waals surface area contributed by atoms with Gasteiger partial charge in [0.1, 0.15) is 5.75 Å². The standard InChI is InChI=1S/C14H10F3NO2S/c15-14(16,17)20-11-5-3-10(4-6-11)18-13(19)8-7-12-2-1-9-21-12/h1-9H,(H,18,19). The van der Waals surface area contributed by atoms with Crippen LogP contribution < -0.4 is 10.1 Å². The Hall–Kier alpha value is -2.28. The molecule has 0 saturated carbocycles. The van der Waals surface area contributed by atoms with E-state index < -0.39 is 6.36 Å². The summed E-state index contributed by atoms with van der Waals surface area (Å²) in [6, 6.07) is 8.65. The smallest absolute Gasteiger partial charge is 0.406 e. The number of nitrogens with one attached hydrogen (secondary N) is 1. The number of benzene rings is 1. The average molecular weight is 313 g/mol. The molecule has 0 bridgehead atoms. The molecular formula is C14H10F3NO2S. The summed E-state index contributed by atoms with van der Waals surface area (Å²) in [5.41, 5.74) is 0.380. The van der Waals surface area contributed by atoms with Gasteiger partial charge in [-0.05, 0) is 41.8 Å². The third-order valence-corrected chi connectivity index (χ3v) is 3.14. The summed E-state index contributed by atoms with van der Waals surface area (Å²) in [7, 11) is 0. The molecule has 3 nitrogen and oxygen atoms in total. The fraction of sp³-hybridized carbons (Fsp3) is 0.0714. The van der Waals surface area contributed by atoms with E-state index in [2.05, 4.69) is 10.1 Å². The number of hydrogen-bond acceptors (Lipinski definition) is 3. The molecule has 1 amide bonds. The minimum Gasteiger partial charge on any atom is -0.406 e. The van der Waals surface area contributed by atoms with Gasteiger partial charge in [-0.25, -0.2) is 0 Å². The van der Waals surface area contributed by atoms with Crippen LogP contribution in [0, 0.1) is 0 Å². The molecule has 0 atom stereocenters. The lowest BCUT2D eigenvalue weighted by Gasteiger charge is -2.09. The highest BCUT2D eigenvalue weighted by Gasteiger charge is 2.30. The maximum Gasteiger partial charge on any atom is 0.573 e. The fourth-order valence-corrected chi connectivity index (χ4v) is 2.09. The average Bonchev–Trinajstić information content (AvgIpc) is 2.90. The molecule has 0 aliphatic carbocycles. The van der Waals surface area contributed by atoms with Crippen LogP contribution in [-0.4, -0.2) is 12.3 Å². The molecule has 0 fully saturated rings. The Morgan fingerprint density at radius 3 is 2.48 bits per heavy atom. The van der Waals surface area contributed by atoms with E-state index in [1.165, 1.54) is 29.5 Å². The van der Waals surface area contributed by atoms with Crippen LogP contribution in [0.5, 0.6) is 5.75 Å². The van der Waals surface area contributed by atoms with Crippen molar-refractivity contribution in [3.05, 3.63) is 52.7 Å². The van der Waals surface area contributed by atoms with Crippen LogP contribution in [0.3, 0.4) is 0 Å². The Morgan fingerprint density at radius 2 is 1.90 bits per heavy atom. The van der Waals surface area contributed by atoms with Crippen LogP contribution in [-0.2, 0) is 4.79 Å². The second-order valence-electron chi connectivity index (χ2n) is 3.91. The highest BCUT2D eigenvalue weighted by Crippen LogP contribution is 2.23. The molecule has 21 heavy (non-hydrogen) atoms. The van der Waals surface area contributed by atoms with E-state index in [0.29, 0.717) is 5.69 Å². The van der Waals surface area contributed by atoms with Gasteiger partial charge in [-0.2, -0.15) is 0 Å². The van der Waals surface area contributed by atoms with E-state index in [-0.39, 0.29) is 11.7 Å². The molecule has 2 rings (SSSR count). The maximum atomic E-state index is 12.0. The van der Waals surface area contributed by atoms with Gasteiger partial charge >= 0.3 is 6.36 Å². The van der Waals surface area contributed by atoms with Crippen molar-refractivity contribution < 1.29 is 22.7 Å². The van der Waals surface area contributed by atoms with Crippen molar-refractivity contribution in [2.45, 2.75) is 6.36 Å². The van der Waals surface area contributed by atoms with Gasteiger partial charge in [0.2, 0.25) is 5.91 Å². The third kappa shape index (κ3) is 5.31. The van der Waals surface area contributed by atoms with Crippen molar-refractivity contribution in [2.75, 3.05) is 5.32 Å². The SMILES string of the molecule is O=C(C=Cc1cccs1)Nc1ccc(OC(F)(F)F)cc1. The number of carbonyl (C=O) groups is 1. The van der Waals surface area contributed by atoms with Crippen molar-refractivity contribution in [1.29, 1.82) is 0 Å². The number of carbonyl (C=O) groups excluding carboxylic acids is 1. The third-order valence-electron chi connectivity index (χ3n) is 2.30. The Balaban J connectivity index is 1.92. The van der Waals surface area contributed by atoms with Crippen LogP contribution in [0.15, 0.2) is 47.9 Å². The Kier molecular flexibility index (Phi) is 4.64. The zero-order chi connectivity index (χ0) is 15.3. The molecule has 110 valence electrons. The minimum absolute atomic E-state index is 0.338. The van der Waals surface area contributed by atoms with Gasteiger partial charge in [0, 0.05) is 16.6 Å². The van der Waals surface area contributed by atoms with E-state index in [4.69, 9.17) is 0 Å². The molecule has 0 aliphatic rings. The van der Waals surface area contributed by atoms with Gasteiger partial charge in [0.25, 0.3) is 0 Å². The Labute approximate surface area is 122 Å². The normalized spacial score (nSPS) is 11.6. The van der Waals surface area contributed by atoms with Gasteiger partial charge in [0.05, 0.1) is 0 Å². The lowest BCUT2D eigenvalue weighted by atomic mass is 10.3. The van der Waals surface area contributed by atoms with Crippen molar-refractivity contribution >= 4 is 29.0 Å². The monoisotopic (exact) mass is 313 g/mol. The summed E-state index contributed by atoms with van der Waals surface area (Å²) in [6.45, 7) is 0. The number of alkyl halides is 3. The highest BCUT2D eigenvalue weighted by molar-refractivity contribution is 7.10. The molecule has 0 radical (unpaired) electrons. The van der Waals surface area contributed by atoms with Crippen LogP contribution in [0.4, 0.5) is 18.9 Å². The quantitative estimate of drug-likeness (QED) is 0.855. The highest BCUT2D eigenvalue weighted by atomic mass is 32.1. The Morgan fingerprint density at radius 1 is 1.19 bits per heavy atom. The van der Waals surface area contributed by atoms with E-state index >= 15 is 0 Å². The second kappa shape index (κ2) is 6.45. The molecule has 0 aliphatic heterocycles. The zero-order valence-electron chi connectivity index (χ0n) is 10.6. The fourth-order valence-electron chi connectivity index (χ4n) is 1.47. The first-order chi connectivity index (χ1) is 9.92. The van der Waals surface area contributed by atoms with E-state index in [9.17, 15) is 18.0 Å². The number of anilines is 1. The number of halogens is 3. The summed E-state index contributed by atoms with van der Waals surface area (Å²) in [4.78, 5) is 12.5. The first-order valence-corrected chi connectivity index (χ1v) is 6.69. The zero-order valence-corrected chi connectivity index (χ0v) is 11.4. The van der Waals surface area contributed by atoms with Crippen LogP contribution in [0.1, 0.15) is 4.88 Å². The molecular weight excluding hydrogens is 303 g/mol. The van der Waals surface area contributed by atoms with Crippen molar-refractivity contribution in [3.63, 3.8) is 0 Å². The molecule has 1 aromatic carbocycles. The lowest BCUT2D eigenvalue weighted by molar-refractivity contribution is -0.274. The topological polar surface area (TPSA) is 38.3 Å². The summed E-state index contributed by atoms with van der Waals surface area (Å²) in [6.07, 6.45) is -1.72. The van der Waals surface area contributed by atoms with Crippen molar-refractivity contribution in [1.82, 2.24) is 0 Å². The maximum absolute atomic E-state index is 12.0. The summed E-state index contributed by atoms with van der Waals surface area (Å²) >= 11 is 1.49. The molecule has 7 heteroatoms. The molecule has 1 N–H and O–H groups in total. The van der Waals surface area contributed by atoms with Crippen molar-refractivity contribution in [2.24, 2.45) is 0 Å². The van der Waals surface area contributed by atoms with E-state index in [0.717, 1.165) is 17.0 Å². The second-order valence-corrected chi connectivity index (χ2v) is 4.89. The van der Waals surface area contributed by atoms with Crippen LogP contribution in [0.2, 0.25) is 0 Å². The van der Waals surface area contributed by atoms with Gasteiger partial charge < -0.3 is 10.1 Å². The number of ether oxygens (including phenoxy) is 1. The number of hydrogen-bond donors (Lipinski definition) is 1. The summed E-state index contributed by atoms with van der Waals surface area (Å²) in [5, 5.41) is 4.42. The summed E-state index contributed by atoms with van der Waals surface area (Å²) < 4.78 is 39.7. The molecule has 0 unspecified atom stereocenters. The molecule has 1 aromatic heterocycles. The van der Waals surface area contributed by atoms with Gasteiger partial charge in [-0.3, -0.25) is 4.79 Å². The molecule has 0 spiro atoms. The largest absolute Gasteiger partial charge is 0.573 e. The van der Waals surface area contributed by atoms with E-state index in [1.807, 2.05) is 17.5 Å². The molecule has 2 aromatic rings. The van der Waals surface area contributed by atoms with Gasteiger partial charge in [-0.1, -0.05) is 6.07 Å². The summed E-state index contributed by atoms with van der Waals surface area (Å²) in [5.74, 6) is -0.706. The first kappa shape index (κ1) is 15.1. The number of amides is 1. The molecule has 1 heterocycles. The first-order valence-electron chi connectivity index (χ1n) is 5.81.